The lowest BCUT2D eigenvalue weighted by molar-refractivity contribution is 0.101. The summed E-state index contributed by atoms with van der Waals surface area (Å²) in [6.45, 7) is 1.53. The highest BCUT2D eigenvalue weighted by Gasteiger charge is 2.12. The molecular weight excluding hydrogens is 216 g/mol. The van der Waals surface area contributed by atoms with E-state index in [0.717, 1.165) is 11.1 Å². The van der Waals surface area contributed by atoms with Crippen LogP contribution in [-0.4, -0.2) is 22.9 Å². The van der Waals surface area contributed by atoms with Crippen LogP contribution in [0.25, 0.3) is 11.1 Å². The Morgan fingerprint density at radius 3 is 2.41 bits per heavy atom. The third-order valence-corrected chi connectivity index (χ3v) is 2.49. The summed E-state index contributed by atoms with van der Waals surface area (Å²) in [5.74, 6) is 0.670. The summed E-state index contributed by atoms with van der Waals surface area (Å²) in [7, 11) is 1.59. The molecule has 0 aliphatic carbocycles. The van der Waals surface area contributed by atoms with Gasteiger partial charge in [0, 0.05) is 41.5 Å². The van der Waals surface area contributed by atoms with Crippen molar-refractivity contribution in [2.75, 3.05) is 7.11 Å². The van der Waals surface area contributed by atoms with E-state index >= 15 is 0 Å². The molecule has 0 spiro atoms. The van der Waals surface area contributed by atoms with Gasteiger partial charge in [-0.15, -0.1) is 0 Å². The van der Waals surface area contributed by atoms with Crippen molar-refractivity contribution in [2.24, 2.45) is 0 Å². The van der Waals surface area contributed by atoms with Crippen molar-refractivity contribution in [1.29, 1.82) is 0 Å². The first-order chi connectivity index (χ1) is 8.24. The lowest BCUT2D eigenvalue weighted by Gasteiger charge is -2.09. The molecule has 0 saturated heterocycles. The van der Waals surface area contributed by atoms with E-state index in [1.54, 1.807) is 44.0 Å². The maximum absolute atomic E-state index is 11.6. The molecule has 0 amide bonds. The summed E-state index contributed by atoms with van der Waals surface area (Å²) in [4.78, 5) is 19.6. The van der Waals surface area contributed by atoms with Crippen LogP contribution in [0.3, 0.4) is 0 Å². The molecule has 4 nitrogen and oxygen atoms in total. The summed E-state index contributed by atoms with van der Waals surface area (Å²) in [5, 5.41) is 0. The molecule has 0 aliphatic heterocycles. The Hall–Kier alpha value is -2.23. The second-order valence-electron chi connectivity index (χ2n) is 3.55. The second-order valence-corrected chi connectivity index (χ2v) is 3.55. The average molecular weight is 228 g/mol. The summed E-state index contributed by atoms with van der Waals surface area (Å²) in [6.07, 6.45) is 6.56. The Bertz CT molecular complexity index is 553. The number of aromatic nitrogens is 2. The summed E-state index contributed by atoms with van der Waals surface area (Å²) < 4.78 is 5.26. The number of rotatable bonds is 3. The van der Waals surface area contributed by atoms with Gasteiger partial charge in [0.1, 0.15) is 5.75 Å². The van der Waals surface area contributed by atoms with Crippen LogP contribution < -0.4 is 4.74 Å². The van der Waals surface area contributed by atoms with Gasteiger partial charge in [0.25, 0.3) is 0 Å². The van der Waals surface area contributed by atoms with Gasteiger partial charge in [0.2, 0.25) is 0 Å². The predicted octanol–water partition coefficient (Wildman–Crippen LogP) is 2.35. The van der Waals surface area contributed by atoms with E-state index in [4.69, 9.17) is 4.74 Å². The fourth-order valence-electron chi connectivity index (χ4n) is 1.68. The van der Waals surface area contributed by atoms with E-state index in [9.17, 15) is 4.79 Å². The molecular formula is C13H12N2O2. The third-order valence-electron chi connectivity index (χ3n) is 2.49. The monoisotopic (exact) mass is 228 g/mol. The zero-order chi connectivity index (χ0) is 12.3. The molecule has 0 aliphatic rings. The average Bonchev–Trinajstić information content (AvgIpc) is 2.38. The summed E-state index contributed by atoms with van der Waals surface area (Å²) >= 11 is 0. The lowest BCUT2D eigenvalue weighted by Crippen LogP contribution is -1.98. The van der Waals surface area contributed by atoms with E-state index in [0.29, 0.717) is 11.3 Å². The van der Waals surface area contributed by atoms with Crippen molar-refractivity contribution < 1.29 is 9.53 Å². The molecule has 0 saturated carbocycles. The highest BCUT2D eigenvalue weighted by atomic mass is 16.5. The van der Waals surface area contributed by atoms with E-state index in [2.05, 4.69) is 9.97 Å². The first kappa shape index (κ1) is 11.3. The van der Waals surface area contributed by atoms with Crippen LogP contribution in [0.2, 0.25) is 0 Å². The summed E-state index contributed by atoms with van der Waals surface area (Å²) in [6, 6.07) is 3.45. The largest absolute Gasteiger partial charge is 0.496 e. The van der Waals surface area contributed by atoms with Crippen molar-refractivity contribution in [1.82, 2.24) is 9.97 Å². The number of carbonyl (C=O) groups is 1. The van der Waals surface area contributed by atoms with E-state index in [-0.39, 0.29) is 5.78 Å². The normalized spacial score (nSPS) is 10.0. The van der Waals surface area contributed by atoms with Gasteiger partial charge in [-0.1, -0.05) is 0 Å². The number of hydrogen-bond acceptors (Lipinski definition) is 4. The van der Waals surface area contributed by atoms with Gasteiger partial charge >= 0.3 is 0 Å². The standard InChI is InChI=1S/C13H12N2O2/c1-9(16)10-3-5-14-7-11(10)12-8-15-6-4-13(12)17-2/h3-8H,1-2H3. The molecule has 0 fully saturated rings. The lowest BCUT2D eigenvalue weighted by atomic mass is 10.0. The number of ether oxygens (including phenoxy) is 1. The number of ketones is 1. The molecule has 0 atom stereocenters. The van der Waals surface area contributed by atoms with Gasteiger partial charge in [0.15, 0.2) is 5.78 Å². The molecule has 17 heavy (non-hydrogen) atoms. The number of hydrogen-bond donors (Lipinski definition) is 0. The summed E-state index contributed by atoms with van der Waals surface area (Å²) in [5.41, 5.74) is 2.13. The molecule has 2 rings (SSSR count). The molecule has 2 heterocycles. The SMILES string of the molecule is COc1ccncc1-c1cnccc1C(C)=O. The Morgan fingerprint density at radius 2 is 1.76 bits per heavy atom. The molecule has 4 heteroatoms. The number of nitrogens with zero attached hydrogens (tertiary/aromatic N) is 2. The topological polar surface area (TPSA) is 52.1 Å². The number of carbonyl (C=O) groups excluding carboxylic acids is 1. The van der Waals surface area contributed by atoms with Gasteiger partial charge < -0.3 is 4.74 Å². The van der Waals surface area contributed by atoms with Crippen molar-refractivity contribution in [3.05, 3.63) is 42.5 Å². The van der Waals surface area contributed by atoms with Crippen LogP contribution in [0.15, 0.2) is 36.9 Å². The molecule has 2 aromatic heterocycles. The van der Waals surface area contributed by atoms with Crippen LogP contribution in [-0.2, 0) is 0 Å². The molecule has 86 valence electrons. The number of Topliss-reactive ketones (excluding diaryl/α,β-unsaturated/α-hetero) is 1. The minimum Gasteiger partial charge on any atom is -0.496 e. The Morgan fingerprint density at radius 1 is 1.12 bits per heavy atom. The van der Waals surface area contributed by atoms with Crippen molar-refractivity contribution in [3.8, 4) is 16.9 Å². The zero-order valence-corrected chi connectivity index (χ0v) is 9.68. The second kappa shape index (κ2) is 4.74. The Balaban J connectivity index is 2.64. The maximum Gasteiger partial charge on any atom is 0.160 e. The zero-order valence-electron chi connectivity index (χ0n) is 9.68. The van der Waals surface area contributed by atoms with Crippen LogP contribution >= 0.6 is 0 Å². The molecule has 0 unspecified atom stereocenters. The minimum absolute atomic E-state index is 0.00620. The van der Waals surface area contributed by atoms with Crippen LogP contribution in [0.4, 0.5) is 0 Å². The Kier molecular flexibility index (Phi) is 3.14. The van der Waals surface area contributed by atoms with Crippen LogP contribution in [0.5, 0.6) is 5.75 Å². The number of methoxy groups -OCH3 is 1. The third kappa shape index (κ3) is 2.15. The van der Waals surface area contributed by atoms with Gasteiger partial charge in [-0.05, 0) is 19.1 Å². The van der Waals surface area contributed by atoms with Crippen LogP contribution in [0, 0.1) is 0 Å². The molecule has 2 aromatic rings. The smallest absolute Gasteiger partial charge is 0.160 e. The number of pyridine rings is 2. The van der Waals surface area contributed by atoms with Crippen molar-refractivity contribution in [3.63, 3.8) is 0 Å². The van der Waals surface area contributed by atoms with Crippen LogP contribution in [0.1, 0.15) is 17.3 Å². The highest BCUT2D eigenvalue weighted by Crippen LogP contribution is 2.30. The van der Waals surface area contributed by atoms with Gasteiger partial charge in [0.05, 0.1) is 7.11 Å². The van der Waals surface area contributed by atoms with Crippen molar-refractivity contribution >= 4 is 5.78 Å². The minimum atomic E-state index is -0.00620. The van der Waals surface area contributed by atoms with Crippen molar-refractivity contribution in [2.45, 2.75) is 6.92 Å². The van der Waals surface area contributed by atoms with Gasteiger partial charge in [-0.25, -0.2) is 0 Å². The first-order valence-electron chi connectivity index (χ1n) is 5.17. The van der Waals surface area contributed by atoms with E-state index in [1.165, 1.54) is 6.92 Å². The quantitative estimate of drug-likeness (QED) is 0.757. The molecule has 0 radical (unpaired) electrons. The fraction of sp³-hybridized carbons (Fsp3) is 0.154. The highest BCUT2D eigenvalue weighted by molar-refractivity contribution is 6.01. The fourth-order valence-corrected chi connectivity index (χ4v) is 1.68. The van der Waals surface area contributed by atoms with E-state index < -0.39 is 0 Å². The molecule has 0 bridgehead atoms. The van der Waals surface area contributed by atoms with Gasteiger partial charge in [-0.2, -0.15) is 0 Å². The first-order valence-corrected chi connectivity index (χ1v) is 5.17. The van der Waals surface area contributed by atoms with Gasteiger partial charge in [-0.3, -0.25) is 14.8 Å². The maximum atomic E-state index is 11.6. The Labute approximate surface area is 99.3 Å². The molecule has 0 N–H and O–H groups in total. The molecule has 0 aromatic carbocycles. The predicted molar refractivity (Wildman–Crippen MR) is 64.0 cm³/mol. The van der Waals surface area contributed by atoms with E-state index in [1.807, 2.05) is 0 Å².